The van der Waals surface area contributed by atoms with Crippen LogP contribution in [0.4, 0.5) is 0 Å². The molecule has 0 unspecified atom stereocenters. The molecule has 2 nitrogen and oxygen atoms in total. The minimum absolute atomic E-state index is 0.273. The fraction of sp³-hybridized carbons (Fsp3) is 0. The molecule has 6 rings (SSSR count). The average Bonchev–Trinajstić information content (AvgIpc) is 3.11. The zero-order valence-corrected chi connectivity index (χ0v) is 16.3. The summed E-state index contributed by atoms with van der Waals surface area (Å²) >= 11 is 8.14. The minimum atomic E-state index is 0.273. The van der Waals surface area contributed by atoms with Crippen LogP contribution in [-0.4, -0.2) is 9.97 Å². The molecule has 4 aromatic carbocycles. The Labute approximate surface area is 170 Å². The van der Waals surface area contributed by atoms with E-state index in [0.29, 0.717) is 0 Å². The Balaban J connectivity index is 1.67. The van der Waals surface area contributed by atoms with E-state index >= 15 is 0 Å². The molecule has 0 aliphatic heterocycles. The van der Waals surface area contributed by atoms with Gasteiger partial charge in [-0.2, -0.15) is 0 Å². The molecule has 0 fully saturated rings. The Morgan fingerprint density at radius 1 is 0.643 bits per heavy atom. The monoisotopic (exact) mass is 396 g/mol. The molecular weight excluding hydrogens is 384 g/mol. The Morgan fingerprint density at radius 2 is 1.39 bits per heavy atom. The number of halogens is 1. The summed E-state index contributed by atoms with van der Waals surface area (Å²) in [5.41, 5.74) is 2.83. The highest BCUT2D eigenvalue weighted by Crippen LogP contribution is 2.38. The van der Waals surface area contributed by atoms with Crippen LogP contribution in [0.15, 0.2) is 78.9 Å². The van der Waals surface area contributed by atoms with Crippen LogP contribution in [0.5, 0.6) is 0 Å². The number of fused-ring (bicyclic) bond motifs is 6. The summed E-state index contributed by atoms with van der Waals surface area (Å²) in [6.07, 6.45) is 0. The van der Waals surface area contributed by atoms with E-state index in [4.69, 9.17) is 11.6 Å². The lowest BCUT2D eigenvalue weighted by Crippen LogP contribution is -1.92. The molecule has 0 bridgehead atoms. The molecule has 0 saturated heterocycles. The summed E-state index contributed by atoms with van der Waals surface area (Å²) in [6.45, 7) is 0. The molecule has 0 spiro atoms. The second kappa shape index (κ2) is 5.99. The van der Waals surface area contributed by atoms with Crippen LogP contribution in [0.3, 0.4) is 0 Å². The first-order valence-corrected chi connectivity index (χ1v) is 10.2. The van der Waals surface area contributed by atoms with E-state index in [1.807, 2.05) is 12.1 Å². The van der Waals surface area contributed by atoms with Crippen molar-refractivity contribution < 1.29 is 0 Å². The van der Waals surface area contributed by atoms with E-state index in [0.717, 1.165) is 32.9 Å². The molecule has 4 heteroatoms. The van der Waals surface area contributed by atoms with E-state index in [1.165, 1.54) is 20.2 Å². The van der Waals surface area contributed by atoms with Gasteiger partial charge in [-0.1, -0.05) is 60.7 Å². The lowest BCUT2D eigenvalue weighted by molar-refractivity contribution is 1.23. The van der Waals surface area contributed by atoms with Gasteiger partial charge in [0.15, 0.2) is 0 Å². The van der Waals surface area contributed by atoms with Crippen molar-refractivity contribution in [3.63, 3.8) is 0 Å². The topological polar surface area (TPSA) is 25.8 Å². The normalized spacial score (nSPS) is 11.8. The highest BCUT2D eigenvalue weighted by Gasteiger charge is 2.13. The summed E-state index contributed by atoms with van der Waals surface area (Å²) in [5, 5.41) is 6.10. The zero-order valence-electron chi connectivity index (χ0n) is 14.7. The Morgan fingerprint density at radius 3 is 2.32 bits per heavy atom. The third kappa shape index (κ3) is 2.34. The molecule has 0 saturated carbocycles. The Kier molecular flexibility index (Phi) is 3.42. The molecule has 0 N–H and O–H groups in total. The van der Waals surface area contributed by atoms with Crippen LogP contribution < -0.4 is 0 Å². The van der Waals surface area contributed by atoms with Crippen molar-refractivity contribution in [1.82, 2.24) is 9.97 Å². The van der Waals surface area contributed by atoms with Gasteiger partial charge in [-0.3, -0.25) is 0 Å². The lowest BCUT2D eigenvalue weighted by atomic mass is 10.0. The van der Waals surface area contributed by atoms with Gasteiger partial charge < -0.3 is 0 Å². The fourth-order valence-corrected chi connectivity index (χ4v) is 5.24. The average molecular weight is 397 g/mol. The van der Waals surface area contributed by atoms with Crippen molar-refractivity contribution in [2.75, 3.05) is 0 Å². The highest BCUT2D eigenvalue weighted by atomic mass is 35.5. The molecule has 2 heterocycles. The highest BCUT2D eigenvalue weighted by molar-refractivity contribution is 7.25. The van der Waals surface area contributed by atoms with Crippen molar-refractivity contribution in [1.29, 1.82) is 0 Å². The maximum Gasteiger partial charge on any atom is 0.223 e. The van der Waals surface area contributed by atoms with Gasteiger partial charge in [0, 0.05) is 36.5 Å². The van der Waals surface area contributed by atoms with E-state index < -0.39 is 0 Å². The molecule has 0 aliphatic carbocycles. The smallest absolute Gasteiger partial charge is 0.217 e. The summed E-state index contributed by atoms with van der Waals surface area (Å²) in [7, 11) is 0. The molecule has 28 heavy (non-hydrogen) atoms. The van der Waals surface area contributed by atoms with Crippen molar-refractivity contribution in [2.45, 2.75) is 0 Å². The summed E-state index contributed by atoms with van der Waals surface area (Å²) < 4.78 is 2.55. The first-order valence-electron chi connectivity index (χ1n) is 9.05. The third-order valence-corrected chi connectivity index (χ3v) is 6.52. The standard InChI is InChI=1S/C24H13ClN2S/c25-24-26-22(19-12-9-14-5-1-2-6-16(14)23(19)27-24)15-10-11-18-17-7-3-4-8-20(17)28-21(18)13-15/h1-13H. The molecule has 2 aromatic heterocycles. The van der Waals surface area contributed by atoms with Crippen molar-refractivity contribution in [3.8, 4) is 11.3 Å². The van der Waals surface area contributed by atoms with E-state index in [-0.39, 0.29) is 5.28 Å². The van der Waals surface area contributed by atoms with Crippen molar-refractivity contribution in [3.05, 3.63) is 84.1 Å². The number of hydrogen-bond donors (Lipinski definition) is 0. The molecule has 0 atom stereocenters. The molecule has 132 valence electrons. The van der Waals surface area contributed by atoms with E-state index in [9.17, 15) is 0 Å². The van der Waals surface area contributed by atoms with Crippen molar-refractivity contribution >= 4 is 64.8 Å². The van der Waals surface area contributed by atoms with E-state index in [1.54, 1.807) is 11.3 Å². The lowest BCUT2D eigenvalue weighted by Gasteiger charge is -2.09. The largest absolute Gasteiger partial charge is 0.223 e. The maximum absolute atomic E-state index is 6.34. The maximum atomic E-state index is 6.34. The van der Waals surface area contributed by atoms with Crippen molar-refractivity contribution in [2.24, 2.45) is 0 Å². The first kappa shape index (κ1) is 16.0. The second-order valence-electron chi connectivity index (χ2n) is 6.83. The van der Waals surface area contributed by atoms with Gasteiger partial charge in [-0.05, 0) is 35.2 Å². The van der Waals surface area contributed by atoms with Gasteiger partial charge in [-0.15, -0.1) is 11.3 Å². The predicted octanol–water partition coefficient (Wildman–Crippen LogP) is 7.47. The second-order valence-corrected chi connectivity index (χ2v) is 8.26. The van der Waals surface area contributed by atoms with E-state index in [2.05, 4.69) is 76.7 Å². The number of benzene rings is 4. The van der Waals surface area contributed by atoms with Gasteiger partial charge in [0.25, 0.3) is 0 Å². The fourth-order valence-electron chi connectivity index (χ4n) is 3.93. The summed E-state index contributed by atoms with van der Waals surface area (Å²) in [4.78, 5) is 9.14. The minimum Gasteiger partial charge on any atom is -0.217 e. The van der Waals surface area contributed by atoms with Crippen LogP contribution in [0.25, 0.3) is 53.1 Å². The molecular formula is C24H13ClN2S. The van der Waals surface area contributed by atoms with Gasteiger partial charge in [0.1, 0.15) is 0 Å². The molecule has 0 radical (unpaired) electrons. The number of rotatable bonds is 1. The van der Waals surface area contributed by atoms with Gasteiger partial charge >= 0.3 is 0 Å². The Hall–Kier alpha value is -3.01. The summed E-state index contributed by atoms with van der Waals surface area (Å²) in [5.74, 6) is 0. The third-order valence-electron chi connectivity index (χ3n) is 5.22. The quantitative estimate of drug-likeness (QED) is 0.213. The van der Waals surface area contributed by atoms with Crippen LogP contribution in [0.1, 0.15) is 0 Å². The summed E-state index contributed by atoms with van der Waals surface area (Å²) in [6, 6.07) is 27.5. The Bertz CT molecular complexity index is 1530. The predicted molar refractivity (Wildman–Crippen MR) is 120 cm³/mol. The van der Waals surface area contributed by atoms with Crippen LogP contribution in [0.2, 0.25) is 5.28 Å². The SMILES string of the molecule is Clc1nc(-c2ccc3c(c2)sc2ccccc23)c2ccc3ccccc3c2n1. The molecule has 6 aromatic rings. The zero-order chi connectivity index (χ0) is 18.7. The number of aromatic nitrogens is 2. The number of hydrogen-bond acceptors (Lipinski definition) is 3. The van der Waals surface area contributed by atoms with Gasteiger partial charge in [-0.25, -0.2) is 9.97 Å². The first-order chi connectivity index (χ1) is 13.8. The number of thiophene rings is 1. The van der Waals surface area contributed by atoms with Crippen LogP contribution in [-0.2, 0) is 0 Å². The molecule has 0 amide bonds. The van der Waals surface area contributed by atoms with Crippen LogP contribution >= 0.6 is 22.9 Å². The van der Waals surface area contributed by atoms with Gasteiger partial charge in [0.05, 0.1) is 11.2 Å². The molecule has 0 aliphatic rings. The van der Waals surface area contributed by atoms with Gasteiger partial charge in [0.2, 0.25) is 5.28 Å². The van der Waals surface area contributed by atoms with Crippen LogP contribution in [0, 0.1) is 0 Å². The number of nitrogens with zero attached hydrogens (tertiary/aromatic N) is 2.